The molecule has 0 aromatic heterocycles. The SMILES string of the molecule is CC(C)(C)C(NC(=O)Nc1ccc(C(N)=O)cc1)C(=O)O. The fraction of sp³-hybridized carbons (Fsp3) is 0.357. The zero-order valence-electron chi connectivity index (χ0n) is 12.1. The molecule has 0 fully saturated rings. The number of hydrogen-bond acceptors (Lipinski definition) is 3. The Morgan fingerprint density at radius 2 is 1.67 bits per heavy atom. The molecule has 0 heterocycles. The van der Waals surface area contributed by atoms with Gasteiger partial charge in [0.1, 0.15) is 6.04 Å². The molecule has 0 aliphatic carbocycles. The fourth-order valence-corrected chi connectivity index (χ4v) is 1.66. The molecule has 1 aromatic rings. The third-order valence-electron chi connectivity index (χ3n) is 2.82. The van der Waals surface area contributed by atoms with Crippen molar-refractivity contribution in [2.45, 2.75) is 26.8 Å². The zero-order valence-corrected chi connectivity index (χ0v) is 12.1. The number of carbonyl (C=O) groups excluding carboxylic acids is 2. The Hall–Kier alpha value is -2.57. The molecule has 7 nitrogen and oxygen atoms in total. The van der Waals surface area contributed by atoms with Crippen molar-refractivity contribution in [3.8, 4) is 0 Å². The first-order chi connectivity index (χ1) is 9.61. The van der Waals surface area contributed by atoms with E-state index in [2.05, 4.69) is 10.6 Å². The van der Waals surface area contributed by atoms with Gasteiger partial charge >= 0.3 is 12.0 Å². The van der Waals surface area contributed by atoms with E-state index < -0.39 is 29.4 Å². The van der Waals surface area contributed by atoms with Crippen LogP contribution in [0.15, 0.2) is 24.3 Å². The Kier molecular flexibility index (Phi) is 4.91. The van der Waals surface area contributed by atoms with Crippen molar-refractivity contribution in [1.29, 1.82) is 0 Å². The lowest BCUT2D eigenvalue weighted by molar-refractivity contribution is -0.141. The summed E-state index contributed by atoms with van der Waals surface area (Å²) in [5, 5.41) is 14.0. The maximum atomic E-state index is 11.8. The molecule has 0 aliphatic heterocycles. The molecule has 114 valence electrons. The van der Waals surface area contributed by atoms with Crippen LogP contribution < -0.4 is 16.4 Å². The van der Waals surface area contributed by atoms with Gasteiger partial charge < -0.3 is 21.5 Å². The van der Waals surface area contributed by atoms with Gasteiger partial charge in [0.15, 0.2) is 0 Å². The number of anilines is 1. The second-order valence-electron chi connectivity index (χ2n) is 5.68. The largest absolute Gasteiger partial charge is 0.480 e. The second-order valence-corrected chi connectivity index (χ2v) is 5.68. The molecule has 3 amide bonds. The third kappa shape index (κ3) is 4.79. The highest BCUT2D eigenvalue weighted by molar-refractivity contribution is 5.95. The summed E-state index contributed by atoms with van der Waals surface area (Å²) >= 11 is 0. The van der Waals surface area contributed by atoms with Crippen LogP contribution in [0, 0.1) is 5.41 Å². The number of amides is 3. The summed E-state index contributed by atoms with van der Waals surface area (Å²) in [6.45, 7) is 5.15. The summed E-state index contributed by atoms with van der Waals surface area (Å²) in [7, 11) is 0. The molecule has 1 rings (SSSR count). The minimum absolute atomic E-state index is 0.319. The first-order valence-electron chi connectivity index (χ1n) is 6.31. The van der Waals surface area contributed by atoms with Gasteiger partial charge in [0.25, 0.3) is 0 Å². The highest BCUT2D eigenvalue weighted by Gasteiger charge is 2.32. The molecule has 0 saturated carbocycles. The third-order valence-corrected chi connectivity index (χ3v) is 2.82. The minimum Gasteiger partial charge on any atom is -0.480 e. The monoisotopic (exact) mass is 293 g/mol. The zero-order chi connectivity index (χ0) is 16.2. The lowest BCUT2D eigenvalue weighted by atomic mass is 9.87. The molecular formula is C14H19N3O4. The van der Waals surface area contributed by atoms with Crippen LogP contribution in [0.5, 0.6) is 0 Å². The van der Waals surface area contributed by atoms with E-state index in [0.717, 1.165) is 0 Å². The Balaban J connectivity index is 2.72. The van der Waals surface area contributed by atoms with Crippen LogP contribution in [-0.4, -0.2) is 29.1 Å². The molecule has 5 N–H and O–H groups in total. The minimum atomic E-state index is -1.11. The fourth-order valence-electron chi connectivity index (χ4n) is 1.66. The average molecular weight is 293 g/mol. The molecule has 7 heteroatoms. The van der Waals surface area contributed by atoms with E-state index >= 15 is 0 Å². The normalized spacial score (nSPS) is 12.3. The van der Waals surface area contributed by atoms with E-state index in [1.54, 1.807) is 20.8 Å². The van der Waals surface area contributed by atoms with Gasteiger partial charge in [-0.25, -0.2) is 9.59 Å². The molecule has 1 unspecified atom stereocenters. The Bertz CT molecular complexity index is 546. The van der Waals surface area contributed by atoms with Crippen LogP contribution >= 0.6 is 0 Å². The first kappa shape index (κ1) is 16.5. The van der Waals surface area contributed by atoms with Gasteiger partial charge in [-0.15, -0.1) is 0 Å². The summed E-state index contributed by atoms with van der Waals surface area (Å²) in [6, 6.07) is 4.29. The Labute approximate surface area is 122 Å². The number of carboxylic acid groups (broad SMARTS) is 1. The Morgan fingerprint density at radius 1 is 1.14 bits per heavy atom. The second kappa shape index (κ2) is 6.25. The number of urea groups is 1. The molecule has 1 atom stereocenters. The molecule has 1 aromatic carbocycles. The van der Waals surface area contributed by atoms with Crippen molar-refractivity contribution in [3.05, 3.63) is 29.8 Å². The topological polar surface area (TPSA) is 122 Å². The van der Waals surface area contributed by atoms with E-state index in [9.17, 15) is 14.4 Å². The first-order valence-corrected chi connectivity index (χ1v) is 6.31. The van der Waals surface area contributed by atoms with Crippen molar-refractivity contribution >= 4 is 23.6 Å². The summed E-state index contributed by atoms with van der Waals surface area (Å²) in [4.78, 5) is 33.9. The number of carboxylic acids is 1. The van der Waals surface area contributed by atoms with Crippen LogP contribution in [0.1, 0.15) is 31.1 Å². The molecule has 0 spiro atoms. The lowest BCUT2D eigenvalue weighted by Crippen LogP contribution is -2.50. The van der Waals surface area contributed by atoms with Gasteiger partial charge in [0.05, 0.1) is 0 Å². The van der Waals surface area contributed by atoms with E-state index in [-0.39, 0.29) is 0 Å². The van der Waals surface area contributed by atoms with Crippen molar-refractivity contribution in [2.75, 3.05) is 5.32 Å². The smallest absolute Gasteiger partial charge is 0.326 e. The number of rotatable bonds is 4. The van der Waals surface area contributed by atoms with Gasteiger partial charge in [-0.2, -0.15) is 0 Å². The summed E-state index contributed by atoms with van der Waals surface area (Å²) in [5.41, 5.74) is 5.23. The average Bonchev–Trinajstić information content (AvgIpc) is 2.35. The van der Waals surface area contributed by atoms with Crippen LogP contribution in [0.2, 0.25) is 0 Å². The summed E-state index contributed by atoms with van der Waals surface area (Å²) in [5.74, 6) is -1.67. The molecule has 0 aliphatic rings. The van der Waals surface area contributed by atoms with E-state index in [1.165, 1.54) is 24.3 Å². The number of hydrogen-bond donors (Lipinski definition) is 4. The van der Waals surface area contributed by atoms with Crippen LogP contribution in [0.3, 0.4) is 0 Å². The highest BCUT2D eigenvalue weighted by atomic mass is 16.4. The summed E-state index contributed by atoms with van der Waals surface area (Å²) in [6.07, 6.45) is 0. The lowest BCUT2D eigenvalue weighted by Gasteiger charge is -2.27. The van der Waals surface area contributed by atoms with Gasteiger partial charge in [-0.05, 0) is 29.7 Å². The van der Waals surface area contributed by atoms with Crippen molar-refractivity contribution in [1.82, 2.24) is 5.32 Å². The Morgan fingerprint density at radius 3 is 2.05 bits per heavy atom. The number of nitrogens with one attached hydrogen (secondary N) is 2. The quantitative estimate of drug-likeness (QED) is 0.670. The van der Waals surface area contributed by atoms with E-state index in [1.807, 2.05) is 0 Å². The summed E-state index contributed by atoms with van der Waals surface area (Å²) < 4.78 is 0. The number of carbonyl (C=O) groups is 3. The predicted octanol–water partition coefficient (Wildman–Crippen LogP) is 1.41. The van der Waals surface area contributed by atoms with Crippen LogP contribution in [0.4, 0.5) is 10.5 Å². The highest BCUT2D eigenvalue weighted by Crippen LogP contribution is 2.19. The van der Waals surface area contributed by atoms with Gasteiger partial charge in [-0.1, -0.05) is 20.8 Å². The molecule has 21 heavy (non-hydrogen) atoms. The predicted molar refractivity (Wildman–Crippen MR) is 78.0 cm³/mol. The van der Waals surface area contributed by atoms with E-state index in [0.29, 0.717) is 11.3 Å². The maximum Gasteiger partial charge on any atom is 0.326 e. The number of aliphatic carboxylic acids is 1. The van der Waals surface area contributed by atoms with Crippen LogP contribution in [0.25, 0.3) is 0 Å². The molecule has 0 saturated heterocycles. The van der Waals surface area contributed by atoms with E-state index in [4.69, 9.17) is 10.8 Å². The maximum absolute atomic E-state index is 11.8. The number of primary amides is 1. The van der Waals surface area contributed by atoms with Crippen molar-refractivity contribution in [3.63, 3.8) is 0 Å². The molecule has 0 radical (unpaired) electrons. The standard InChI is InChI=1S/C14H19N3O4/c1-14(2,3)10(12(19)20)17-13(21)16-9-6-4-8(5-7-9)11(15)18/h4-7,10H,1-3H3,(H2,15,18)(H,19,20)(H2,16,17,21). The van der Waals surface area contributed by atoms with Gasteiger partial charge in [0.2, 0.25) is 5.91 Å². The van der Waals surface area contributed by atoms with Gasteiger partial charge in [0, 0.05) is 11.3 Å². The van der Waals surface area contributed by atoms with Gasteiger partial charge in [-0.3, -0.25) is 4.79 Å². The molecular weight excluding hydrogens is 274 g/mol. The van der Waals surface area contributed by atoms with Crippen molar-refractivity contribution < 1.29 is 19.5 Å². The van der Waals surface area contributed by atoms with Crippen molar-refractivity contribution in [2.24, 2.45) is 11.1 Å². The van der Waals surface area contributed by atoms with Crippen LogP contribution in [-0.2, 0) is 4.79 Å². The number of benzene rings is 1. The molecule has 0 bridgehead atoms. The number of nitrogens with two attached hydrogens (primary N) is 1.